The van der Waals surface area contributed by atoms with Crippen molar-refractivity contribution in [3.05, 3.63) is 34.6 Å². The SMILES string of the molecule is CC(NC1CC(O)C1)c1ccc(F)cc1Cl. The average molecular weight is 244 g/mol. The minimum atomic E-state index is -0.319. The van der Waals surface area contributed by atoms with E-state index in [0.29, 0.717) is 11.1 Å². The summed E-state index contributed by atoms with van der Waals surface area (Å²) >= 11 is 5.97. The zero-order valence-electron chi connectivity index (χ0n) is 9.08. The maximum absolute atomic E-state index is 12.9. The van der Waals surface area contributed by atoms with E-state index in [2.05, 4.69) is 5.32 Å². The molecule has 0 amide bonds. The lowest BCUT2D eigenvalue weighted by molar-refractivity contribution is 0.0586. The third-order valence-corrected chi connectivity index (χ3v) is 3.36. The topological polar surface area (TPSA) is 32.3 Å². The summed E-state index contributed by atoms with van der Waals surface area (Å²) < 4.78 is 12.9. The highest BCUT2D eigenvalue weighted by Gasteiger charge is 2.28. The second kappa shape index (κ2) is 4.70. The summed E-state index contributed by atoms with van der Waals surface area (Å²) in [5.41, 5.74) is 0.893. The van der Waals surface area contributed by atoms with Gasteiger partial charge in [-0.05, 0) is 37.5 Å². The predicted molar refractivity (Wildman–Crippen MR) is 62.0 cm³/mol. The molecular formula is C12H15ClFNO. The Bertz CT molecular complexity index is 379. The van der Waals surface area contributed by atoms with Crippen LogP contribution in [0, 0.1) is 5.82 Å². The van der Waals surface area contributed by atoms with Crippen molar-refractivity contribution in [2.24, 2.45) is 0 Å². The normalized spacial score (nSPS) is 26.2. The van der Waals surface area contributed by atoms with E-state index in [-0.39, 0.29) is 18.0 Å². The van der Waals surface area contributed by atoms with Crippen LogP contribution in [0.2, 0.25) is 5.02 Å². The third-order valence-electron chi connectivity index (χ3n) is 3.03. The molecule has 2 rings (SSSR count). The standard InChI is InChI=1S/C12H15ClFNO/c1-7(15-9-5-10(16)6-9)11-3-2-8(14)4-12(11)13/h2-4,7,9-10,15-16H,5-6H2,1H3. The molecule has 0 spiro atoms. The lowest BCUT2D eigenvalue weighted by atomic mass is 9.88. The van der Waals surface area contributed by atoms with Crippen molar-refractivity contribution in [3.63, 3.8) is 0 Å². The first-order chi connectivity index (χ1) is 7.56. The van der Waals surface area contributed by atoms with Crippen molar-refractivity contribution >= 4 is 11.6 Å². The summed E-state index contributed by atoms with van der Waals surface area (Å²) in [5.74, 6) is -0.319. The largest absolute Gasteiger partial charge is 0.393 e. The highest BCUT2D eigenvalue weighted by atomic mass is 35.5. The van der Waals surface area contributed by atoms with Gasteiger partial charge >= 0.3 is 0 Å². The van der Waals surface area contributed by atoms with E-state index in [1.165, 1.54) is 12.1 Å². The molecule has 2 N–H and O–H groups in total. The van der Waals surface area contributed by atoms with Crippen LogP contribution in [-0.2, 0) is 0 Å². The summed E-state index contributed by atoms with van der Waals surface area (Å²) in [6, 6.07) is 4.85. The molecule has 1 aromatic rings. The van der Waals surface area contributed by atoms with Crippen LogP contribution < -0.4 is 5.32 Å². The minimum absolute atomic E-state index is 0.0746. The second-order valence-electron chi connectivity index (χ2n) is 4.38. The van der Waals surface area contributed by atoms with Gasteiger partial charge in [0, 0.05) is 17.1 Å². The number of hydrogen-bond donors (Lipinski definition) is 2. The van der Waals surface area contributed by atoms with Crippen molar-refractivity contribution in [1.29, 1.82) is 0 Å². The van der Waals surface area contributed by atoms with E-state index in [4.69, 9.17) is 11.6 Å². The molecule has 0 aliphatic heterocycles. The molecule has 0 heterocycles. The highest BCUT2D eigenvalue weighted by Crippen LogP contribution is 2.27. The Morgan fingerprint density at radius 2 is 2.19 bits per heavy atom. The summed E-state index contributed by atoms with van der Waals surface area (Å²) in [6.07, 6.45) is 1.39. The van der Waals surface area contributed by atoms with Crippen LogP contribution in [0.25, 0.3) is 0 Å². The first kappa shape index (κ1) is 11.8. The van der Waals surface area contributed by atoms with E-state index in [0.717, 1.165) is 18.4 Å². The van der Waals surface area contributed by atoms with Crippen molar-refractivity contribution in [2.75, 3.05) is 0 Å². The Labute approximate surface area is 99.4 Å². The van der Waals surface area contributed by atoms with Gasteiger partial charge in [-0.2, -0.15) is 0 Å². The van der Waals surface area contributed by atoms with Crippen LogP contribution in [0.15, 0.2) is 18.2 Å². The molecule has 0 radical (unpaired) electrons. The fraction of sp³-hybridized carbons (Fsp3) is 0.500. The van der Waals surface area contributed by atoms with E-state index < -0.39 is 0 Å². The first-order valence-electron chi connectivity index (χ1n) is 5.45. The van der Waals surface area contributed by atoms with Crippen molar-refractivity contribution in [1.82, 2.24) is 5.32 Å². The highest BCUT2D eigenvalue weighted by molar-refractivity contribution is 6.31. The second-order valence-corrected chi connectivity index (χ2v) is 4.78. The monoisotopic (exact) mass is 243 g/mol. The molecule has 1 unspecified atom stereocenters. The summed E-state index contributed by atoms with van der Waals surface area (Å²) in [7, 11) is 0. The number of nitrogens with one attached hydrogen (secondary N) is 1. The molecule has 88 valence electrons. The van der Waals surface area contributed by atoms with E-state index >= 15 is 0 Å². The fourth-order valence-electron chi connectivity index (χ4n) is 2.02. The van der Waals surface area contributed by atoms with Gasteiger partial charge in [-0.3, -0.25) is 0 Å². The average Bonchev–Trinajstić information content (AvgIpc) is 2.15. The lowest BCUT2D eigenvalue weighted by Gasteiger charge is -2.34. The molecule has 1 aromatic carbocycles. The molecule has 0 saturated heterocycles. The smallest absolute Gasteiger partial charge is 0.124 e. The first-order valence-corrected chi connectivity index (χ1v) is 5.83. The molecule has 1 fully saturated rings. The molecule has 0 aromatic heterocycles. The number of aliphatic hydroxyl groups is 1. The van der Waals surface area contributed by atoms with Crippen LogP contribution in [0.3, 0.4) is 0 Å². The van der Waals surface area contributed by atoms with E-state index in [9.17, 15) is 9.50 Å². The summed E-state index contributed by atoms with van der Waals surface area (Å²) in [5, 5.41) is 13.0. The Kier molecular flexibility index (Phi) is 3.47. The summed E-state index contributed by atoms with van der Waals surface area (Å²) in [4.78, 5) is 0. The third kappa shape index (κ3) is 2.54. The van der Waals surface area contributed by atoms with Crippen LogP contribution >= 0.6 is 11.6 Å². The van der Waals surface area contributed by atoms with Crippen LogP contribution in [-0.4, -0.2) is 17.3 Å². The molecule has 1 aliphatic rings. The molecule has 4 heteroatoms. The van der Waals surface area contributed by atoms with Crippen LogP contribution in [0.5, 0.6) is 0 Å². The Hall–Kier alpha value is -0.640. The van der Waals surface area contributed by atoms with Gasteiger partial charge in [0.25, 0.3) is 0 Å². The Morgan fingerprint density at radius 3 is 2.75 bits per heavy atom. The molecule has 16 heavy (non-hydrogen) atoms. The van der Waals surface area contributed by atoms with Gasteiger partial charge in [-0.25, -0.2) is 4.39 Å². The molecule has 2 nitrogen and oxygen atoms in total. The molecule has 1 aliphatic carbocycles. The number of rotatable bonds is 3. The fourth-order valence-corrected chi connectivity index (χ4v) is 2.35. The van der Waals surface area contributed by atoms with Crippen molar-refractivity contribution < 1.29 is 9.50 Å². The number of hydrogen-bond acceptors (Lipinski definition) is 2. The van der Waals surface area contributed by atoms with E-state index in [1.54, 1.807) is 6.07 Å². The molecule has 1 saturated carbocycles. The van der Waals surface area contributed by atoms with Crippen LogP contribution in [0.1, 0.15) is 31.4 Å². The van der Waals surface area contributed by atoms with Crippen molar-refractivity contribution in [3.8, 4) is 0 Å². The molecular weight excluding hydrogens is 229 g/mol. The van der Waals surface area contributed by atoms with Gasteiger partial charge in [-0.1, -0.05) is 17.7 Å². The number of halogens is 2. The maximum Gasteiger partial charge on any atom is 0.124 e. The van der Waals surface area contributed by atoms with E-state index in [1.807, 2.05) is 6.92 Å². The van der Waals surface area contributed by atoms with Gasteiger partial charge in [-0.15, -0.1) is 0 Å². The maximum atomic E-state index is 12.9. The molecule has 0 bridgehead atoms. The zero-order valence-corrected chi connectivity index (χ0v) is 9.84. The van der Waals surface area contributed by atoms with Crippen LogP contribution in [0.4, 0.5) is 4.39 Å². The van der Waals surface area contributed by atoms with Gasteiger partial charge in [0.05, 0.1) is 6.10 Å². The Morgan fingerprint density at radius 1 is 1.50 bits per heavy atom. The predicted octanol–water partition coefficient (Wildman–Crippen LogP) is 2.65. The Balaban J connectivity index is 2.00. The van der Waals surface area contributed by atoms with Gasteiger partial charge in [0.2, 0.25) is 0 Å². The zero-order chi connectivity index (χ0) is 11.7. The quantitative estimate of drug-likeness (QED) is 0.856. The van der Waals surface area contributed by atoms with Gasteiger partial charge in [0.1, 0.15) is 5.82 Å². The summed E-state index contributed by atoms with van der Waals surface area (Å²) in [6.45, 7) is 1.99. The van der Waals surface area contributed by atoms with Gasteiger partial charge < -0.3 is 10.4 Å². The lowest BCUT2D eigenvalue weighted by Crippen LogP contribution is -2.45. The molecule has 1 atom stereocenters. The minimum Gasteiger partial charge on any atom is -0.393 e. The number of benzene rings is 1. The van der Waals surface area contributed by atoms with Crippen molar-refractivity contribution in [2.45, 2.75) is 38.0 Å². The van der Waals surface area contributed by atoms with Gasteiger partial charge in [0.15, 0.2) is 0 Å². The number of aliphatic hydroxyl groups excluding tert-OH is 1.